The lowest BCUT2D eigenvalue weighted by atomic mass is 10.2. The molecule has 0 unspecified atom stereocenters. The zero-order valence-electron chi connectivity index (χ0n) is 9.86. The Labute approximate surface area is 114 Å². The van der Waals surface area contributed by atoms with E-state index in [0.29, 0.717) is 11.4 Å². The van der Waals surface area contributed by atoms with Crippen molar-refractivity contribution in [3.8, 4) is 0 Å². The number of carbonyl (C=O) groups excluding carboxylic acids is 1. The molecule has 0 aliphatic heterocycles. The number of benzene rings is 1. The van der Waals surface area contributed by atoms with Crippen molar-refractivity contribution in [2.24, 2.45) is 0 Å². The van der Waals surface area contributed by atoms with Gasteiger partial charge in [0.2, 0.25) is 5.91 Å². The van der Waals surface area contributed by atoms with Gasteiger partial charge in [0.05, 0.1) is 29.0 Å². The normalized spacial score (nSPS) is 10.2. The van der Waals surface area contributed by atoms with Crippen LogP contribution in [0.3, 0.4) is 0 Å². The fraction of sp³-hybridized carbons (Fsp3) is 0.0769. The molecule has 0 radical (unpaired) electrons. The Kier molecular flexibility index (Phi) is 3.97. The van der Waals surface area contributed by atoms with Crippen LogP contribution in [0.1, 0.15) is 5.69 Å². The van der Waals surface area contributed by atoms with Gasteiger partial charge in [0, 0.05) is 5.69 Å². The molecule has 1 amide bonds. The number of hydrogen-bond donors (Lipinski definition) is 2. The van der Waals surface area contributed by atoms with Crippen LogP contribution >= 0.6 is 11.6 Å². The highest BCUT2D eigenvalue weighted by molar-refractivity contribution is 6.31. The number of rotatable bonds is 3. The lowest BCUT2D eigenvalue weighted by Crippen LogP contribution is -2.16. The first-order chi connectivity index (χ1) is 9.06. The third-order valence-corrected chi connectivity index (χ3v) is 2.71. The zero-order chi connectivity index (χ0) is 13.8. The van der Waals surface area contributed by atoms with Gasteiger partial charge in [-0.1, -0.05) is 17.7 Å². The quantitative estimate of drug-likeness (QED) is 0.907. The minimum absolute atomic E-state index is 0.0340. The van der Waals surface area contributed by atoms with Crippen molar-refractivity contribution in [3.05, 3.63) is 53.1 Å². The number of nitrogens with one attached hydrogen (secondary N) is 1. The first-order valence-corrected chi connectivity index (χ1v) is 5.88. The van der Waals surface area contributed by atoms with Crippen molar-refractivity contribution in [3.63, 3.8) is 0 Å². The molecule has 19 heavy (non-hydrogen) atoms. The van der Waals surface area contributed by atoms with Crippen LogP contribution in [0.25, 0.3) is 0 Å². The summed E-state index contributed by atoms with van der Waals surface area (Å²) >= 11 is 5.62. The molecule has 1 heterocycles. The molecular formula is C13H11ClFN3O. The summed E-state index contributed by atoms with van der Waals surface area (Å²) in [6.07, 6.45) is 1.49. The minimum atomic E-state index is -0.650. The van der Waals surface area contributed by atoms with E-state index in [2.05, 4.69) is 10.3 Å². The summed E-state index contributed by atoms with van der Waals surface area (Å²) in [4.78, 5) is 15.7. The highest BCUT2D eigenvalue weighted by Gasteiger charge is 2.10. The Hall–Kier alpha value is -2.14. The summed E-state index contributed by atoms with van der Waals surface area (Å²) in [5.74, 6) is -1.03. The van der Waals surface area contributed by atoms with Gasteiger partial charge < -0.3 is 11.1 Å². The summed E-state index contributed by atoms with van der Waals surface area (Å²) in [6, 6.07) is 7.70. The topological polar surface area (TPSA) is 68.0 Å². The van der Waals surface area contributed by atoms with Gasteiger partial charge in [0.15, 0.2) is 5.82 Å². The summed E-state index contributed by atoms with van der Waals surface area (Å²) < 4.78 is 13.6. The molecule has 0 bridgehead atoms. The Morgan fingerprint density at radius 1 is 1.37 bits per heavy atom. The van der Waals surface area contributed by atoms with Gasteiger partial charge in [-0.15, -0.1) is 0 Å². The average Bonchev–Trinajstić information content (AvgIpc) is 2.38. The van der Waals surface area contributed by atoms with E-state index in [1.807, 2.05) is 0 Å². The van der Waals surface area contributed by atoms with E-state index in [1.165, 1.54) is 18.3 Å². The smallest absolute Gasteiger partial charge is 0.230 e. The number of halogens is 2. The largest absolute Gasteiger partial charge is 0.397 e. The Morgan fingerprint density at radius 2 is 2.16 bits per heavy atom. The molecular weight excluding hydrogens is 269 g/mol. The summed E-state index contributed by atoms with van der Waals surface area (Å²) in [5, 5.41) is 2.41. The Balaban J connectivity index is 2.05. The van der Waals surface area contributed by atoms with Crippen LogP contribution in [0, 0.1) is 5.82 Å². The monoisotopic (exact) mass is 279 g/mol. The number of amides is 1. The predicted octanol–water partition coefficient (Wildman–Crippen LogP) is 2.64. The number of aromatic nitrogens is 1. The lowest BCUT2D eigenvalue weighted by Gasteiger charge is -2.07. The van der Waals surface area contributed by atoms with Gasteiger partial charge in [-0.2, -0.15) is 0 Å². The van der Waals surface area contributed by atoms with Crippen LogP contribution in [-0.2, 0) is 11.2 Å². The summed E-state index contributed by atoms with van der Waals surface area (Å²) in [6.45, 7) is 0. The zero-order valence-corrected chi connectivity index (χ0v) is 10.6. The van der Waals surface area contributed by atoms with Crippen molar-refractivity contribution in [2.75, 3.05) is 11.1 Å². The van der Waals surface area contributed by atoms with Crippen LogP contribution in [0.4, 0.5) is 15.8 Å². The molecule has 0 aliphatic carbocycles. The standard InChI is InChI=1S/C13H11ClFN3O/c14-10-2-1-3-11(13(10)15)18-12(19)6-9-5-4-8(16)7-17-9/h1-5,7H,6,16H2,(H,18,19). The maximum atomic E-state index is 13.6. The van der Waals surface area contributed by atoms with Crippen LogP contribution in [-0.4, -0.2) is 10.9 Å². The maximum absolute atomic E-state index is 13.6. The number of nitrogens with zero attached hydrogens (tertiary/aromatic N) is 1. The molecule has 2 rings (SSSR count). The number of nitrogens with two attached hydrogens (primary N) is 1. The van der Waals surface area contributed by atoms with Crippen molar-refractivity contribution in [2.45, 2.75) is 6.42 Å². The predicted molar refractivity (Wildman–Crippen MR) is 72.4 cm³/mol. The second-order valence-corrected chi connectivity index (χ2v) is 4.32. The van der Waals surface area contributed by atoms with Gasteiger partial charge in [-0.3, -0.25) is 9.78 Å². The number of hydrogen-bond acceptors (Lipinski definition) is 3. The molecule has 1 aromatic heterocycles. The second-order valence-electron chi connectivity index (χ2n) is 3.91. The molecule has 0 spiro atoms. The van der Waals surface area contributed by atoms with Crippen molar-refractivity contribution in [1.29, 1.82) is 0 Å². The molecule has 0 saturated heterocycles. The SMILES string of the molecule is Nc1ccc(CC(=O)Nc2cccc(Cl)c2F)nc1. The van der Waals surface area contributed by atoms with E-state index in [1.54, 1.807) is 18.2 Å². The van der Waals surface area contributed by atoms with Crippen LogP contribution in [0.5, 0.6) is 0 Å². The van der Waals surface area contributed by atoms with E-state index in [4.69, 9.17) is 17.3 Å². The number of anilines is 2. The van der Waals surface area contributed by atoms with Crippen LogP contribution in [0.2, 0.25) is 5.02 Å². The van der Waals surface area contributed by atoms with Crippen molar-refractivity contribution < 1.29 is 9.18 Å². The molecule has 1 aromatic carbocycles. The first kappa shape index (κ1) is 13.3. The second kappa shape index (κ2) is 5.67. The number of pyridine rings is 1. The number of nitrogen functional groups attached to an aromatic ring is 1. The number of carbonyl (C=O) groups is 1. The van der Waals surface area contributed by atoms with E-state index in [9.17, 15) is 9.18 Å². The van der Waals surface area contributed by atoms with Gasteiger partial charge in [0.1, 0.15) is 0 Å². The van der Waals surface area contributed by atoms with Gasteiger partial charge in [0.25, 0.3) is 0 Å². The van der Waals surface area contributed by atoms with E-state index < -0.39 is 5.82 Å². The van der Waals surface area contributed by atoms with Gasteiger partial charge in [-0.25, -0.2) is 4.39 Å². The lowest BCUT2D eigenvalue weighted by molar-refractivity contribution is -0.115. The third kappa shape index (κ3) is 3.42. The summed E-state index contributed by atoms with van der Waals surface area (Å²) in [5.41, 5.74) is 6.61. The van der Waals surface area contributed by atoms with Crippen LogP contribution < -0.4 is 11.1 Å². The summed E-state index contributed by atoms with van der Waals surface area (Å²) in [7, 11) is 0. The van der Waals surface area contributed by atoms with Crippen LogP contribution in [0.15, 0.2) is 36.5 Å². The third-order valence-electron chi connectivity index (χ3n) is 2.41. The molecule has 0 fully saturated rings. The fourth-order valence-corrected chi connectivity index (χ4v) is 1.67. The molecule has 98 valence electrons. The van der Waals surface area contributed by atoms with E-state index in [0.717, 1.165) is 0 Å². The molecule has 0 atom stereocenters. The van der Waals surface area contributed by atoms with Crippen molar-refractivity contribution in [1.82, 2.24) is 4.98 Å². The van der Waals surface area contributed by atoms with Gasteiger partial charge >= 0.3 is 0 Å². The highest BCUT2D eigenvalue weighted by Crippen LogP contribution is 2.22. The highest BCUT2D eigenvalue weighted by atomic mass is 35.5. The Bertz CT molecular complexity index is 601. The minimum Gasteiger partial charge on any atom is -0.397 e. The molecule has 0 aliphatic rings. The first-order valence-electron chi connectivity index (χ1n) is 5.50. The van der Waals surface area contributed by atoms with E-state index in [-0.39, 0.29) is 23.0 Å². The van der Waals surface area contributed by atoms with Crippen molar-refractivity contribution >= 4 is 28.9 Å². The van der Waals surface area contributed by atoms with E-state index >= 15 is 0 Å². The Morgan fingerprint density at radius 3 is 2.84 bits per heavy atom. The molecule has 3 N–H and O–H groups in total. The maximum Gasteiger partial charge on any atom is 0.230 e. The van der Waals surface area contributed by atoms with Gasteiger partial charge in [-0.05, 0) is 24.3 Å². The molecule has 2 aromatic rings. The average molecular weight is 280 g/mol. The molecule has 0 saturated carbocycles. The molecule has 4 nitrogen and oxygen atoms in total. The fourth-order valence-electron chi connectivity index (χ4n) is 1.50. The molecule has 6 heteroatoms.